The monoisotopic (exact) mass is 226 g/mol. The van der Waals surface area contributed by atoms with Gasteiger partial charge in [-0.25, -0.2) is 0 Å². The van der Waals surface area contributed by atoms with Crippen molar-refractivity contribution in [2.24, 2.45) is 0 Å². The lowest BCUT2D eigenvalue weighted by Gasteiger charge is -1.97. The zero-order valence-electron chi connectivity index (χ0n) is 9.24. The minimum absolute atomic E-state index is 0.482. The van der Waals surface area contributed by atoms with E-state index in [0.717, 1.165) is 5.69 Å². The van der Waals surface area contributed by atoms with Gasteiger partial charge in [-0.05, 0) is 36.4 Å². The number of aromatic nitrogens is 4. The Kier molecular flexibility index (Phi) is 2.22. The van der Waals surface area contributed by atoms with E-state index in [4.69, 9.17) is 4.42 Å². The van der Waals surface area contributed by atoms with Crippen LogP contribution in [0.15, 0.2) is 47.1 Å². The predicted octanol–water partition coefficient (Wildman–Crippen LogP) is 2.23. The Hall–Kier alpha value is -2.43. The van der Waals surface area contributed by atoms with E-state index < -0.39 is 0 Å². The molecule has 0 bridgehead atoms. The van der Waals surface area contributed by atoms with Crippen molar-refractivity contribution in [2.75, 3.05) is 0 Å². The van der Waals surface area contributed by atoms with Crippen molar-refractivity contribution in [3.05, 3.63) is 48.2 Å². The molecule has 0 amide bonds. The Bertz CT molecular complexity index is 610. The zero-order valence-corrected chi connectivity index (χ0v) is 9.24. The van der Waals surface area contributed by atoms with Gasteiger partial charge in [-0.3, -0.25) is 0 Å². The van der Waals surface area contributed by atoms with Gasteiger partial charge in [-0.2, -0.15) is 0 Å². The average Bonchev–Trinajstić information content (AvgIpc) is 3.00. The molecule has 0 aliphatic carbocycles. The summed E-state index contributed by atoms with van der Waals surface area (Å²) in [5, 5.41) is 12.2. The van der Waals surface area contributed by atoms with Gasteiger partial charge in [0.05, 0.1) is 12.0 Å². The molecule has 0 unspecified atom stereocenters. The molecule has 0 saturated heterocycles. The standard InChI is InChI=1S/C12H10N4O/c1-9-4-6-10(7-5-9)16-14-12(13-15-16)11-3-2-8-17-11/h2-8H,1H3. The normalized spacial score (nSPS) is 10.6. The van der Waals surface area contributed by atoms with Gasteiger partial charge in [0, 0.05) is 0 Å². The van der Waals surface area contributed by atoms with E-state index in [0.29, 0.717) is 11.6 Å². The number of nitrogens with zero attached hydrogens (tertiary/aromatic N) is 4. The van der Waals surface area contributed by atoms with Crippen LogP contribution in [0.25, 0.3) is 17.3 Å². The van der Waals surface area contributed by atoms with Crippen LogP contribution in [0.2, 0.25) is 0 Å². The molecule has 2 heterocycles. The van der Waals surface area contributed by atoms with Crippen molar-refractivity contribution >= 4 is 0 Å². The van der Waals surface area contributed by atoms with E-state index in [-0.39, 0.29) is 0 Å². The van der Waals surface area contributed by atoms with Gasteiger partial charge < -0.3 is 4.42 Å². The van der Waals surface area contributed by atoms with Gasteiger partial charge in [0.25, 0.3) is 0 Å². The summed E-state index contributed by atoms with van der Waals surface area (Å²) >= 11 is 0. The van der Waals surface area contributed by atoms with Crippen LogP contribution in [0.5, 0.6) is 0 Å². The van der Waals surface area contributed by atoms with Gasteiger partial charge in [-0.15, -0.1) is 15.0 Å². The van der Waals surface area contributed by atoms with Gasteiger partial charge in [0.1, 0.15) is 0 Å². The molecule has 5 nitrogen and oxygen atoms in total. The van der Waals surface area contributed by atoms with Crippen LogP contribution in [0.1, 0.15) is 5.56 Å². The fourth-order valence-corrected chi connectivity index (χ4v) is 1.51. The topological polar surface area (TPSA) is 56.7 Å². The predicted molar refractivity (Wildman–Crippen MR) is 61.6 cm³/mol. The second-order valence-electron chi connectivity index (χ2n) is 3.72. The summed E-state index contributed by atoms with van der Waals surface area (Å²) in [4.78, 5) is 1.48. The molecule has 3 aromatic rings. The molecule has 0 fully saturated rings. The molecule has 0 N–H and O–H groups in total. The number of furan rings is 1. The quantitative estimate of drug-likeness (QED) is 0.672. The lowest BCUT2D eigenvalue weighted by molar-refractivity contribution is 0.577. The van der Waals surface area contributed by atoms with E-state index >= 15 is 0 Å². The van der Waals surface area contributed by atoms with Crippen LogP contribution >= 0.6 is 0 Å². The molecule has 2 aromatic heterocycles. The highest BCUT2D eigenvalue weighted by Crippen LogP contribution is 2.14. The molecule has 84 valence electrons. The Morgan fingerprint density at radius 3 is 2.65 bits per heavy atom. The van der Waals surface area contributed by atoms with Crippen LogP contribution in [0, 0.1) is 6.92 Å². The molecular weight excluding hydrogens is 216 g/mol. The molecule has 0 aliphatic rings. The van der Waals surface area contributed by atoms with Crippen molar-refractivity contribution in [3.63, 3.8) is 0 Å². The molecule has 0 radical (unpaired) electrons. The molecule has 17 heavy (non-hydrogen) atoms. The minimum atomic E-state index is 0.482. The largest absolute Gasteiger partial charge is 0.461 e. The van der Waals surface area contributed by atoms with E-state index in [1.165, 1.54) is 10.4 Å². The van der Waals surface area contributed by atoms with Gasteiger partial charge in [-0.1, -0.05) is 17.7 Å². The fourth-order valence-electron chi connectivity index (χ4n) is 1.51. The van der Waals surface area contributed by atoms with Gasteiger partial charge in [0.15, 0.2) is 5.76 Å². The molecule has 0 aliphatic heterocycles. The van der Waals surface area contributed by atoms with E-state index in [1.807, 2.05) is 31.2 Å². The van der Waals surface area contributed by atoms with Crippen LogP contribution in [0.3, 0.4) is 0 Å². The summed E-state index contributed by atoms with van der Waals surface area (Å²) in [6, 6.07) is 11.5. The molecule has 5 heteroatoms. The highest BCUT2D eigenvalue weighted by atomic mass is 16.3. The molecule has 0 saturated carbocycles. The molecule has 1 aromatic carbocycles. The lowest BCUT2D eigenvalue weighted by Crippen LogP contribution is -1.98. The van der Waals surface area contributed by atoms with Crippen molar-refractivity contribution in [3.8, 4) is 17.3 Å². The van der Waals surface area contributed by atoms with Crippen molar-refractivity contribution in [1.29, 1.82) is 0 Å². The Morgan fingerprint density at radius 1 is 1.12 bits per heavy atom. The van der Waals surface area contributed by atoms with Crippen molar-refractivity contribution in [2.45, 2.75) is 6.92 Å². The second kappa shape index (κ2) is 3.86. The number of aryl methyl sites for hydroxylation is 1. The third-order valence-corrected chi connectivity index (χ3v) is 2.42. The molecule has 0 spiro atoms. The van der Waals surface area contributed by atoms with Gasteiger partial charge >= 0.3 is 0 Å². The summed E-state index contributed by atoms with van der Waals surface area (Å²) in [5.74, 6) is 1.10. The van der Waals surface area contributed by atoms with Crippen LogP contribution < -0.4 is 0 Å². The Balaban J connectivity index is 1.98. The fraction of sp³-hybridized carbons (Fsp3) is 0.0833. The number of hydrogen-bond donors (Lipinski definition) is 0. The van der Waals surface area contributed by atoms with Gasteiger partial charge in [0.2, 0.25) is 5.82 Å². The first-order valence-corrected chi connectivity index (χ1v) is 5.24. The Morgan fingerprint density at radius 2 is 1.94 bits per heavy atom. The van der Waals surface area contributed by atoms with E-state index in [9.17, 15) is 0 Å². The highest BCUT2D eigenvalue weighted by molar-refractivity contribution is 5.44. The summed E-state index contributed by atoms with van der Waals surface area (Å²) in [7, 11) is 0. The maximum atomic E-state index is 5.21. The summed E-state index contributed by atoms with van der Waals surface area (Å²) < 4.78 is 5.21. The number of hydrogen-bond acceptors (Lipinski definition) is 4. The average molecular weight is 226 g/mol. The third-order valence-electron chi connectivity index (χ3n) is 2.42. The maximum absolute atomic E-state index is 5.21. The summed E-state index contributed by atoms with van der Waals surface area (Å²) in [6.45, 7) is 2.03. The lowest BCUT2D eigenvalue weighted by atomic mass is 10.2. The smallest absolute Gasteiger partial charge is 0.240 e. The summed E-state index contributed by atoms with van der Waals surface area (Å²) in [5.41, 5.74) is 2.07. The first-order chi connectivity index (χ1) is 8.33. The minimum Gasteiger partial charge on any atom is -0.461 e. The summed E-state index contributed by atoms with van der Waals surface area (Å²) in [6.07, 6.45) is 1.59. The SMILES string of the molecule is Cc1ccc(-n2nnc(-c3ccco3)n2)cc1. The number of tetrazole rings is 1. The second-order valence-corrected chi connectivity index (χ2v) is 3.72. The number of rotatable bonds is 2. The Labute approximate surface area is 97.7 Å². The third kappa shape index (κ3) is 1.82. The molecular formula is C12H10N4O. The van der Waals surface area contributed by atoms with Crippen LogP contribution in [0.4, 0.5) is 0 Å². The van der Waals surface area contributed by atoms with Crippen molar-refractivity contribution in [1.82, 2.24) is 20.2 Å². The maximum Gasteiger partial charge on any atom is 0.240 e. The van der Waals surface area contributed by atoms with E-state index in [1.54, 1.807) is 18.4 Å². The van der Waals surface area contributed by atoms with E-state index in [2.05, 4.69) is 15.4 Å². The van der Waals surface area contributed by atoms with Crippen LogP contribution in [-0.2, 0) is 0 Å². The first-order valence-electron chi connectivity index (χ1n) is 5.24. The first kappa shape index (κ1) is 9.77. The van der Waals surface area contributed by atoms with Crippen LogP contribution in [-0.4, -0.2) is 20.2 Å². The molecule has 0 atom stereocenters. The number of benzene rings is 1. The molecule has 3 rings (SSSR count). The zero-order chi connectivity index (χ0) is 11.7. The highest BCUT2D eigenvalue weighted by Gasteiger charge is 2.08. The van der Waals surface area contributed by atoms with Crippen molar-refractivity contribution < 1.29 is 4.42 Å².